The van der Waals surface area contributed by atoms with Gasteiger partial charge in [0, 0.05) is 11.1 Å². The average Bonchev–Trinajstić information content (AvgIpc) is 2.72. The highest BCUT2D eigenvalue weighted by Crippen LogP contribution is 2.40. The second kappa shape index (κ2) is 4.93. The fraction of sp³-hybridized carbons (Fsp3) is 0.500. The number of methoxy groups -OCH3 is 1. The lowest BCUT2D eigenvalue weighted by Crippen LogP contribution is -2.17. The third-order valence-electron chi connectivity index (χ3n) is 2.99. The van der Waals surface area contributed by atoms with Crippen LogP contribution in [0.3, 0.4) is 0 Å². The summed E-state index contributed by atoms with van der Waals surface area (Å²) in [5.41, 5.74) is 7.74. The van der Waals surface area contributed by atoms with Crippen molar-refractivity contribution in [3.05, 3.63) is 22.7 Å². The van der Waals surface area contributed by atoms with E-state index >= 15 is 0 Å². The van der Waals surface area contributed by atoms with Crippen molar-refractivity contribution < 1.29 is 4.74 Å². The number of rotatable bonds is 4. The molecule has 0 fully saturated rings. The number of nitrogens with two attached hydrogens (primary N) is 1. The monoisotopic (exact) mass is 240 g/mol. The number of fused-ring (bicyclic) bond motifs is 1. The lowest BCUT2D eigenvalue weighted by Gasteiger charge is -2.11. The van der Waals surface area contributed by atoms with Crippen molar-refractivity contribution in [1.82, 2.24) is 0 Å². The predicted molar refractivity (Wildman–Crippen MR) is 67.4 cm³/mol. The molecular weight excluding hydrogens is 224 g/mol. The van der Waals surface area contributed by atoms with E-state index in [0.29, 0.717) is 6.04 Å². The van der Waals surface area contributed by atoms with Gasteiger partial charge in [-0.2, -0.15) is 0 Å². The summed E-state index contributed by atoms with van der Waals surface area (Å²) >= 11 is 6.18. The zero-order valence-corrected chi connectivity index (χ0v) is 10.2. The van der Waals surface area contributed by atoms with Crippen LogP contribution in [-0.4, -0.2) is 19.7 Å². The van der Waals surface area contributed by atoms with Crippen molar-refractivity contribution in [3.63, 3.8) is 0 Å². The maximum atomic E-state index is 6.18. The van der Waals surface area contributed by atoms with Crippen LogP contribution >= 0.6 is 11.6 Å². The third-order valence-corrected chi connectivity index (χ3v) is 3.35. The normalized spacial score (nSPS) is 18.1. The number of benzene rings is 1. The Labute approximate surface area is 101 Å². The van der Waals surface area contributed by atoms with Gasteiger partial charge in [0.15, 0.2) is 0 Å². The number of nitrogens with one attached hydrogen (secondary N) is 1. The Bertz CT molecular complexity index is 382. The van der Waals surface area contributed by atoms with Crippen molar-refractivity contribution in [2.45, 2.75) is 25.3 Å². The Hall–Kier alpha value is -0.930. The quantitative estimate of drug-likeness (QED) is 0.850. The van der Waals surface area contributed by atoms with Gasteiger partial charge >= 0.3 is 0 Å². The fourth-order valence-electron chi connectivity index (χ4n) is 2.17. The van der Waals surface area contributed by atoms with E-state index in [9.17, 15) is 0 Å². The number of ether oxygens (including phenoxy) is 1. The molecule has 0 aromatic heterocycles. The molecule has 0 amide bonds. The van der Waals surface area contributed by atoms with Crippen molar-refractivity contribution in [1.29, 1.82) is 0 Å². The van der Waals surface area contributed by atoms with Crippen LogP contribution in [0.2, 0.25) is 5.02 Å². The van der Waals surface area contributed by atoms with Crippen molar-refractivity contribution in [2.75, 3.05) is 19.0 Å². The highest BCUT2D eigenvalue weighted by Gasteiger charge is 2.25. The summed E-state index contributed by atoms with van der Waals surface area (Å²) in [5.74, 6) is 0.870. The van der Waals surface area contributed by atoms with Gasteiger partial charge in [-0.05, 0) is 43.5 Å². The summed E-state index contributed by atoms with van der Waals surface area (Å²) in [6.45, 7) is 0.736. The average molecular weight is 241 g/mol. The Morgan fingerprint density at radius 1 is 1.56 bits per heavy atom. The molecule has 0 bridgehead atoms. The largest absolute Gasteiger partial charge is 0.495 e. The lowest BCUT2D eigenvalue weighted by atomic mass is 10.1. The molecule has 2 rings (SSSR count). The molecule has 0 radical (unpaired) electrons. The molecule has 1 aromatic carbocycles. The standard InChI is InChI=1S/C12H17ClN2O/c1-16-11-5-4-10(13)9-7-8(3-2-6-14)15-12(9)11/h4-5,8,15H,2-3,6-7,14H2,1H3. The van der Waals surface area contributed by atoms with E-state index in [1.165, 1.54) is 5.56 Å². The third kappa shape index (κ3) is 2.11. The van der Waals surface area contributed by atoms with Gasteiger partial charge in [0.2, 0.25) is 0 Å². The first-order chi connectivity index (χ1) is 7.76. The van der Waals surface area contributed by atoms with Gasteiger partial charge in [-0.1, -0.05) is 11.6 Å². The second-order valence-electron chi connectivity index (χ2n) is 4.08. The van der Waals surface area contributed by atoms with Crippen molar-refractivity contribution in [2.24, 2.45) is 5.73 Å². The Morgan fingerprint density at radius 3 is 3.06 bits per heavy atom. The number of hydrogen-bond donors (Lipinski definition) is 2. The van der Waals surface area contributed by atoms with Crippen LogP contribution in [0.5, 0.6) is 5.75 Å². The van der Waals surface area contributed by atoms with E-state index in [-0.39, 0.29) is 0 Å². The molecule has 1 aromatic rings. The SMILES string of the molecule is COc1ccc(Cl)c2c1NC(CCCN)C2. The first-order valence-corrected chi connectivity index (χ1v) is 5.96. The van der Waals surface area contributed by atoms with Crippen LogP contribution in [0.1, 0.15) is 18.4 Å². The second-order valence-corrected chi connectivity index (χ2v) is 4.49. The summed E-state index contributed by atoms with van der Waals surface area (Å²) in [7, 11) is 1.68. The molecule has 0 spiro atoms. The van der Waals surface area contributed by atoms with Gasteiger partial charge < -0.3 is 15.8 Å². The lowest BCUT2D eigenvalue weighted by molar-refractivity contribution is 0.416. The molecule has 3 N–H and O–H groups in total. The highest BCUT2D eigenvalue weighted by molar-refractivity contribution is 6.32. The van der Waals surface area contributed by atoms with Crippen LogP contribution < -0.4 is 15.8 Å². The van der Waals surface area contributed by atoms with Gasteiger partial charge in [-0.25, -0.2) is 0 Å². The van der Waals surface area contributed by atoms with Gasteiger partial charge in [0.25, 0.3) is 0 Å². The molecule has 1 aliphatic rings. The van der Waals surface area contributed by atoms with E-state index < -0.39 is 0 Å². The van der Waals surface area contributed by atoms with Gasteiger partial charge in [-0.15, -0.1) is 0 Å². The van der Waals surface area contributed by atoms with E-state index in [1.807, 2.05) is 12.1 Å². The number of hydrogen-bond acceptors (Lipinski definition) is 3. The molecule has 3 nitrogen and oxygen atoms in total. The van der Waals surface area contributed by atoms with Crippen LogP contribution in [0, 0.1) is 0 Å². The first kappa shape index (κ1) is 11.6. The minimum absolute atomic E-state index is 0.437. The summed E-state index contributed by atoms with van der Waals surface area (Å²) in [6.07, 6.45) is 3.07. The van der Waals surface area contributed by atoms with Crippen molar-refractivity contribution >= 4 is 17.3 Å². The number of anilines is 1. The van der Waals surface area contributed by atoms with E-state index in [2.05, 4.69) is 5.32 Å². The topological polar surface area (TPSA) is 47.3 Å². The van der Waals surface area contributed by atoms with E-state index in [0.717, 1.165) is 42.3 Å². The molecule has 0 saturated carbocycles. The summed E-state index contributed by atoms with van der Waals surface area (Å²) < 4.78 is 5.32. The van der Waals surface area contributed by atoms with Gasteiger partial charge in [-0.3, -0.25) is 0 Å². The number of halogens is 1. The molecule has 4 heteroatoms. The van der Waals surface area contributed by atoms with Crippen molar-refractivity contribution in [3.8, 4) is 5.75 Å². The molecule has 1 unspecified atom stereocenters. The summed E-state index contributed by atoms with van der Waals surface area (Å²) in [6, 6.07) is 4.23. The maximum Gasteiger partial charge on any atom is 0.142 e. The van der Waals surface area contributed by atoms with Crippen LogP contribution in [-0.2, 0) is 6.42 Å². The zero-order valence-electron chi connectivity index (χ0n) is 9.42. The first-order valence-electron chi connectivity index (χ1n) is 5.58. The maximum absolute atomic E-state index is 6.18. The van der Waals surface area contributed by atoms with Crippen LogP contribution in [0.25, 0.3) is 0 Å². The minimum atomic E-state index is 0.437. The fourth-order valence-corrected chi connectivity index (χ4v) is 2.40. The molecular formula is C12H17ClN2O. The molecule has 1 heterocycles. The Balaban J connectivity index is 2.18. The highest BCUT2D eigenvalue weighted by atomic mass is 35.5. The molecule has 0 saturated heterocycles. The summed E-state index contributed by atoms with van der Waals surface area (Å²) in [4.78, 5) is 0. The smallest absolute Gasteiger partial charge is 0.142 e. The summed E-state index contributed by atoms with van der Waals surface area (Å²) in [5, 5.41) is 4.28. The van der Waals surface area contributed by atoms with E-state index in [4.69, 9.17) is 22.1 Å². The Kier molecular flexibility index (Phi) is 3.56. The molecule has 1 atom stereocenters. The van der Waals surface area contributed by atoms with E-state index in [1.54, 1.807) is 7.11 Å². The zero-order chi connectivity index (χ0) is 11.5. The predicted octanol–water partition coefficient (Wildman–Crippen LogP) is 2.42. The Morgan fingerprint density at radius 2 is 2.38 bits per heavy atom. The molecule has 16 heavy (non-hydrogen) atoms. The molecule has 88 valence electrons. The molecule has 0 aliphatic carbocycles. The molecule has 1 aliphatic heterocycles. The van der Waals surface area contributed by atoms with Crippen LogP contribution in [0.4, 0.5) is 5.69 Å². The van der Waals surface area contributed by atoms with Gasteiger partial charge in [0.05, 0.1) is 12.8 Å². The van der Waals surface area contributed by atoms with Crippen LogP contribution in [0.15, 0.2) is 12.1 Å². The minimum Gasteiger partial charge on any atom is -0.495 e. The van der Waals surface area contributed by atoms with Gasteiger partial charge in [0.1, 0.15) is 5.75 Å².